The van der Waals surface area contributed by atoms with E-state index in [-0.39, 0.29) is 54.8 Å². The quantitative estimate of drug-likeness (QED) is 0.746. The SMILES string of the molecule is O=C1CCC(C(=O)NCCSC(F)(F)F)CN1. The van der Waals surface area contributed by atoms with Crippen molar-refractivity contribution in [2.45, 2.75) is 18.3 Å². The van der Waals surface area contributed by atoms with Gasteiger partial charge in [-0.25, -0.2) is 0 Å². The van der Waals surface area contributed by atoms with Crippen LogP contribution >= 0.6 is 11.8 Å². The number of halogens is 3. The van der Waals surface area contributed by atoms with E-state index in [4.69, 9.17) is 0 Å². The molecule has 1 saturated heterocycles. The molecule has 1 unspecified atom stereocenters. The van der Waals surface area contributed by atoms with Crippen LogP contribution in [0.15, 0.2) is 0 Å². The van der Waals surface area contributed by atoms with Crippen molar-refractivity contribution < 1.29 is 22.8 Å². The Bertz CT molecular complexity index is 286. The first-order valence-electron chi connectivity index (χ1n) is 5.13. The number of rotatable bonds is 4. The molecule has 0 aromatic carbocycles. The molecule has 4 nitrogen and oxygen atoms in total. The molecule has 1 atom stereocenters. The third-order valence-electron chi connectivity index (χ3n) is 2.30. The van der Waals surface area contributed by atoms with Crippen molar-refractivity contribution in [2.75, 3.05) is 18.8 Å². The summed E-state index contributed by atoms with van der Waals surface area (Å²) in [6.45, 7) is 0.241. The number of alkyl halides is 3. The first kappa shape index (κ1) is 14.1. The van der Waals surface area contributed by atoms with Crippen LogP contribution < -0.4 is 10.6 Å². The molecule has 1 rings (SSSR count). The number of thioether (sulfide) groups is 1. The lowest BCUT2D eigenvalue weighted by molar-refractivity contribution is -0.128. The molecule has 0 radical (unpaired) electrons. The molecular formula is C9H13F3N2O2S. The number of amides is 2. The Hall–Kier alpha value is -0.920. The van der Waals surface area contributed by atoms with E-state index in [2.05, 4.69) is 10.6 Å². The van der Waals surface area contributed by atoms with Crippen molar-refractivity contribution in [3.8, 4) is 0 Å². The van der Waals surface area contributed by atoms with E-state index in [9.17, 15) is 22.8 Å². The fraction of sp³-hybridized carbons (Fsp3) is 0.778. The van der Waals surface area contributed by atoms with Crippen LogP contribution in [0, 0.1) is 5.92 Å². The topological polar surface area (TPSA) is 58.2 Å². The van der Waals surface area contributed by atoms with Crippen LogP contribution in [0.4, 0.5) is 13.2 Å². The van der Waals surface area contributed by atoms with E-state index in [0.29, 0.717) is 6.42 Å². The highest BCUT2D eigenvalue weighted by Crippen LogP contribution is 2.29. The summed E-state index contributed by atoms with van der Waals surface area (Å²) in [5.41, 5.74) is -4.26. The standard InChI is InChI=1S/C9H13F3N2O2S/c10-9(11,12)17-4-3-13-8(16)6-1-2-7(15)14-5-6/h6H,1-5H2,(H,13,16)(H,14,15). The van der Waals surface area contributed by atoms with Gasteiger partial charge in [-0.15, -0.1) is 0 Å². The van der Waals surface area contributed by atoms with Gasteiger partial charge < -0.3 is 10.6 Å². The van der Waals surface area contributed by atoms with Crippen molar-refractivity contribution in [3.05, 3.63) is 0 Å². The first-order chi connectivity index (χ1) is 7.88. The van der Waals surface area contributed by atoms with Crippen LogP contribution in [0.3, 0.4) is 0 Å². The maximum absolute atomic E-state index is 11.8. The third-order valence-corrected chi connectivity index (χ3v) is 3.04. The molecule has 0 aromatic rings. The maximum atomic E-state index is 11.8. The molecule has 0 spiro atoms. The highest BCUT2D eigenvalue weighted by Gasteiger charge is 2.28. The first-order valence-corrected chi connectivity index (χ1v) is 6.12. The number of piperidine rings is 1. The molecule has 1 aliphatic heterocycles. The molecule has 1 fully saturated rings. The minimum absolute atomic E-state index is 0.0204. The van der Waals surface area contributed by atoms with Gasteiger partial charge >= 0.3 is 5.51 Å². The second-order valence-corrected chi connectivity index (χ2v) is 4.78. The van der Waals surface area contributed by atoms with Gasteiger partial charge in [0.05, 0.1) is 5.92 Å². The van der Waals surface area contributed by atoms with Crippen LogP contribution in [-0.2, 0) is 9.59 Å². The molecule has 2 N–H and O–H groups in total. The Labute approximate surface area is 101 Å². The van der Waals surface area contributed by atoms with E-state index in [0.717, 1.165) is 0 Å². The average Bonchev–Trinajstić information content (AvgIpc) is 2.24. The maximum Gasteiger partial charge on any atom is 0.441 e. The van der Waals surface area contributed by atoms with Gasteiger partial charge in [-0.2, -0.15) is 13.2 Å². The normalized spacial score (nSPS) is 20.9. The van der Waals surface area contributed by atoms with Gasteiger partial charge in [-0.05, 0) is 18.2 Å². The van der Waals surface area contributed by atoms with Crippen molar-refractivity contribution in [1.29, 1.82) is 0 Å². The smallest absolute Gasteiger partial charge is 0.355 e. The van der Waals surface area contributed by atoms with Crippen molar-refractivity contribution in [2.24, 2.45) is 5.92 Å². The zero-order chi connectivity index (χ0) is 12.9. The molecule has 0 aliphatic carbocycles. The summed E-state index contributed by atoms with van der Waals surface area (Å²) in [5, 5.41) is 4.97. The monoisotopic (exact) mass is 270 g/mol. The Kier molecular flexibility index (Phi) is 5.10. The van der Waals surface area contributed by atoms with Gasteiger partial charge in [-0.3, -0.25) is 9.59 Å². The molecule has 17 heavy (non-hydrogen) atoms. The largest absolute Gasteiger partial charge is 0.441 e. The fourth-order valence-corrected chi connectivity index (χ4v) is 1.88. The van der Waals surface area contributed by atoms with Gasteiger partial charge in [0.15, 0.2) is 0 Å². The van der Waals surface area contributed by atoms with Crippen molar-refractivity contribution >= 4 is 23.6 Å². The summed E-state index contributed by atoms with van der Waals surface area (Å²) in [4.78, 5) is 22.3. The zero-order valence-electron chi connectivity index (χ0n) is 8.97. The minimum atomic E-state index is -4.26. The number of carbonyl (C=O) groups is 2. The van der Waals surface area contributed by atoms with E-state index < -0.39 is 5.51 Å². The summed E-state index contributed by atoms with van der Waals surface area (Å²) >= 11 is -0.162. The van der Waals surface area contributed by atoms with Gasteiger partial charge in [-0.1, -0.05) is 0 Å². The molecule has 2 amide bonds. The number of carbonyl (C=O) groups excluding carboxylic acids is 2. The Balaban J connectivity index is 2.15. The molecule has 0 bridgehead atoms. The molecule has 0 aromatic heterocycles. The van der Waals surface area contributed by atoms with Gasteiger partial charge in [0.1, 0.15) is 0 Å². The van der Waals surface area contributed by atoms with Crippen molar-refractivity contribution in [3.63, 3.8) is 0 Å². The highest BCUT2D eigenvalue weighted by atomic mass is 32.2. The van der Waals surface area contributed by atoms with Gasteiger partial charge in [0.2, 0.25) is 11.8 Å². The Morgan fingerprint density at radius 2 is 2.24 bits per heavy atom. The molecule has 1 heterocycles. The summed E-state index contributed by atoms with van der Waals surface area (Å²) < 4.78 is 35.3. The van der Waals surface area contributed by atoms with Crippen LogP contribution in [0.2, 0.25) is 0 Å². The summed E-state index contributed by atoms with van der Waals surface area (Å²) in [6.07, 6.45) is 0.736. The zero-order valence-corrected chi connectivity index (χ0v) is 9.79. The van der Waals surface area contributed by atoms with Crippen LogP contribution in [0.5, 0.6) is 0 Å². The molecule has 1 aliphatic rings. The van der Waals surface area contributed by atoms with Crippen LogP contribution in [0.25, 0.3) is 0 Å². The molecular weight excluding hydrogens is 257 g/mol. The molecule has 98 valence electrons. The van der Waals surface area contributed by atoms with Crippen molar-refractivity contribution in [1.82, 2.24) is 10.6 Å². The predicted molar refractivity (Wildman–Crippen MR) is 57.3 cm³/mol. The summed E-state index contributed by atoms with van der Waals surface area (Å²) in [5.74, 6) is -0.924. The third kappa shape index (κ3) is 5.81. The average molecular weight is 270 g/mol. The Morgan fingerprint density at radius 1 is 1.53 bits per heavy atom. The van der Waals surface area contributed by atoms with E-state index >= 15 is 0 Å². The Morgan fingerprint density at radius 3 is 2.76 bits per heavy atom. The molecule has 0 saturated carbocycles. The lowest BCUT2D eigenvalue weighted by Gasteiger charge is -2.21. The highest BCUT2D eigenvalue weighted by molar-refractivity contribution is 8.00. The fourth-order valence-electron chi connectivity index (χ4n) is 1.44. The second kappa shape index (κ2) is 6.13. The summed E-state index contributed by atoms with van der Waals surface area (Å²) in [7, 11) is 0. The van der Waals surface area contributed by atoms with E-state index in [1.54, 1.807) is 0 Å². The number of hydrogen-bond donors (Lipinski definition) is 2. The lowest BCUT2D eigenvalue weighted by atomic mass is 9.98. The van der Waals surface area contributed by atoms with E-state index in [1.807, 2.05) is 0 Å². The lowest BCUT2D eigenvalue weighted by Crippen LogP contribution is -2.43. The van der Waals surface area contributed by atoms with Gasteiger partial charge in [0.25, 0.3) is 0 Å². The van der Waals surface area contributed by atoms with Gasteiger partial charge in [0, 0.05) is 25.3 Å². The van der Waals surface area contributed by atoms with Crippen LogP contribution in [0.1, 0.15) is 12.8 Å². The number of nitrogens with one attached hydrogen (secondary N) is 2. The predicted octanol–water partition coefficient (Wildman–Crippen LogP) is 0.882. The second-order valence-electron chi connectivity index (χ2n) is 3.62. The summed E-state index contributed by atoms with van der Waals surface area (Å²) in [6, 6.07) is 0. The van der Waals surface area contributed by atoms with E-state index in [1.165, 1.54) is 0 Å². The van der Waals surface area contributed by atoms with Crippen LogP contribution in [-0.4, -0.2) is 36.2 Å². The molecule has 8 heteroatoms. The number of hydrogen-bond acceptors (Lipinski definition) is 3. The minimum Gasteiger partial charge on any atom is -0.355 e.